The molecule has 4 rings (SSSR count). The third-order valence-corrected chi connectivity index (χ3v) is 4.71. The maximum Gasteiger partial charge on any atom is 0.274 e. The van der Waals surface area contributed by atoms with Crippen LogP contribution in [0.3, 0.4) is 0 Å². The third kappa shape index (κ3) is 3.29. The first kappa shape index (κ1) is 17.2. The van der Waals surface area contributed by atoms with Crippen LogP contribution in [0, 0.1) is 0 Å². The average Bonchev–Trinajstić information content (AvgIpc) is 3.37. The molecule has 0 spiro atoms. The van der Waals surface area contributed by atoms with Crippen LogP contribution in [-0.2, 0) is 0 Å². The van der Waals surface area contributed by atoms with Crippen LogP contribution in [0.25, 0.3) is 5.70 Å². The predicted octanol–water partition coefficient (Wildman–Crippen LogP) is 4.68. The zero-order valence-corrected chi connectivity index (χ0v) is 15.3. The first-order chi connectivity index (χ1) is 13.2. The maximum absolute atomic E-state index is 13.2. The Kier molecular flexibility index (Phi) is 4.60. The number of nitrogens with zero attached hydrogens (tertiary/aromatic N) is 1. The Labute approximate surface area is 161 Å². The van der Waals surface area contributed by atoms with Crippen molar-refractivity contribution in [3.8, 4) is 5.75 Å². The number of benzene rings is 2. The monoisotopic (exact) mass is 380 g/mol. The van der Waals surface area contributed by atoms with Crippen molar-refractivity contribution in [1.82, 2.24) is 10.4 Å². The van der Waals surface area contributed by atoms with Gasteiger partial charge in [-0.05, 0) is 42.5 Å². The summed E-state index contributed by atoms with van der Waals surface area (Å²) < 4.78 is 10.9. The van der Waals surface area contributed by atoms with Gasteiger partial charge in [-0.3, -0.25) is 10.2 Å². The van der Waals surface area contributed by atoms with Crippen molar-refractivity contribution in [1.29, 1.82) is 0 Å². The number of furan rings is 1. The van der Waals surface area contributed by atoms with E-state index in [4.69, 9.17) is 20.8 Å². The highest BCUT2D eigenvalue weighted by Crippen LogP contribution is 2.34. The molecule has 1 atom stereocenters. The van der Waals surface area contributed by atoms with E-state index in [1.54, 1.807) is 43.7 Å². The normalized spacial score (nSPS) is 16.0. The zero-order valence-electron chi connectivity index (χ0n) is 14.6. The molecule has 2 heterocycles. The molecule has 1 aliphatic heterocycles. The zero-order chi connectivity index (χ0) is 18.8. The van der Waals surface area contributed by atoms with Gasteiger partial charge in [0, 0.05) is 5.56 Å². The molecule has 27 heavy (non-hydrogen) atoms. The molecule has 0 unspecified atom stereocenters. The lowest BCUT2D eigenvalue weighted by Crippen LogP contribution is -2.39. The molecule has 136 valence electrons. The van der Waals surface area contributed by atoms with Gasteiger partial charge in [0.2, 0.25) is 0 Å². The quantitative estimate of drug-likeness (QED) is 0.713. The molecule has 6 heteroatoms. The minimum atomic E-state index is -0.398. The van der Waals surface area contributed by atoms with Crippen LogP contribution in [0.4, 0.5) is 0 Å². The van der Waals surface area contributed by atoms with E-state index in [1.165, 1.54) is 5.01 Å². The number of hydrazine groups is 1. The molecule has 1 amide bonds. The van der Waals surface area contributed by atoms with Crippen molar-refractivity contribution in [3.63, 3.8) is 0 Å². The van der Waals surface area contributed by atoms with Crippen molar-refractivity contribution < 1.29 is 13.9 Å². The maximum atomic E-state index is 13.2. The van der Waals surface area contributed by atoms with Crippen LogP contribution < -0.4 is 10.2 Å². The van der Waals surface area contributed by atoms with E-state index in [9.17, 15) is 4.79 Å². The molecule has 0 saturated heterocycles. The SMILES string of the molecule is COc1cccc(C2=C[C@@H](c3ccco3)N(C(=O)c3ccccc3Cl)N2)c1. The second-order valence-electron chi connectivity index (χ2n) is 6.04. The van der Waals surface area contributed by atoms with Crippen molar-refractivity contribution in [2.24, 2.45) is 0 Å². The van der Waals surface area contributed by atoms with Gasteiger partial charge in [0.25, 0.3) is 5.91 Å². The average molecular weight is 381 g/mol. The highest BCUT2D eigenvalue weighted by Gasteiger charge is 2.33. The number of hydrogen-bond donors (Lipinski definition) is 1. The first-order valence-corrected chi connectivity index (χ1v) is 8.79. The summed E-state index contributed by atoms with van der Waals surface area (Å²) in [4.78, 5) is 13.2. The predicted molar refractivity (Wildman–Crippen MR) is 103 cm³/mol. The Hall–Kier alpha value is -3.18. The largest absolute Gasteiger partial charge is 0.497 e. The van der Waals surface area contributed by atoms with Crippen molar-refractivity contribution in [3.05, 3.63) is 94.9 Å². The molecule has 5 nitrogen and oxygen atoms in total. The van der Waals surface area contributed by atoms with E-state index in [1.807, 2.05) is 36.4 Å². The van der Waals surface area contributed by atoms with E-state index >= 15 is 0 Å². The number of rotatable bonds is 4. The number of amides is 1. The van der Waals surface area contributed by atoms with Gasteiger partial charge in [-0.2, -0.15) is 0 Å². The standard InChI is InChI=1S/C21H17ClN2O3/c1-26-15-7-4-6-14(12-15)18-13-19(20-10-5-11-27-20)24(23-18)21(25)16-8-2-3-9-17(16)22/h2-13,19,23H,1H3/t19-/m0/s1. The molecular formula is C21H17ClN2O3. The van der Waals surface area contributed by atoms with Gasteiger partial charge in [0.05, 0.1) is 29.7 Å². The fraction of sp³-hybridized carbons (Fsp3) is 0.0952. The van der Waals surface area contributed by atoms with Gasteiger partial charge in [-0.25, -0.2) is 5.01 Å². The number of ether oxygens (including phenoxy) is 1. The van der Waals surface area contributed by atoms with Crippen LogP contribution in [-0.4, -0.2) is 18.0 Å². The number of carbonyl (C=O) groups is 1. The Morgan fingerprint density at radius 3 is 2.74 bits per heavy atom. The molecule has 1 N–H and O–H groups in total. The van der Waals surface area contributed by atoms with E-state index < -0.39 is 6.04 Å². The van der Waals surface area contributed by atoms with Crippen LogP contribution in [0.1, 0.15) is 27.7 Å². The minimum absolute atomic E-state index is 0.240. The van der Waals surface area contributed by atoms with Crippen molar-refractivity contribution >= 4 is 23.2 Å². The summed E-state index contributed by atoms with van der Waals surface area (Å²) >= 11 is 6.23. The number of halogens is 1. The summed E-state index contributed by atoms with van der Waals surface area (Å²) in [5.41, 5.74) is 5.30. The molecule has 0 bridgehead atoms. The molecule has 1 aliphatic rings. The van der Waals surface area contributed by atoms with Gasteiger partial charge in [-0.15, -0.1) is 0 Å². The summed E-state index contributed by atoms with van der Waals surface area (Å²) in [6, 6.07) is 17.8. The van der Waals surface area contributed by atoms with Crippen LogP contribution in [0.5, 0.6) is 5.75 Å². The highest BCUT2D eigenvalue weighted by molar-refractivity contribution is 6.33. The van der Waals surface area contributed by atoms with E-state index in [-0.39, 0.29) is 5.91 Å². The number of carbonyl (C=O) groups excluding carboxylic acids is 1. The topological polar surface area (TPSA) is 54.7 Å². The van der Waals surface area contributed by atoms with Crippen LogP contribution in [0.15, 0.2) is 77.4 Å². The summed E-state index contributed by atoms with van der Waals surface area (Å²) in [5.74, 6) is 1.15. The Bertz CT molecular complexity index is 998. The molecule has 0 saturated carbocycles. The summed E-state index contributed by atoms with van der Waals surface area (Å²) in [5, 5.41) is 1.92. The van der Waals surface area contributed by atoms with Gasteiger partial charge < -0.3 is 9.15 Å². The van der Waals surface area contributed by atoms with Crippen LogP contribution >= 0.6 is 11.6 Å². The van der Waals surface area contributed by atoms with E-state index in [2.05, 4.69) is 5.43 Å². The van der Waals surface area contributed by atoms with Gasteiger partial charge in [0.15, 0.2) is 0 Å². The fourth-order valence-corrected chi connectivity index (χ4v) is 3.25. The summed E-state index contributed by atoms with van der Waals surface area (Å²) in [6.07, 6.45) is 3.53. The Balaban J connectivity index is 1.72. The lowest BCUT2D eigenvalue weighted by molar-refractivity contribution is 0.0655. The van der Waals surface area contributed by atoms with E-state index in [0.717, 1.165) is 17.0 Å². The first-order valence-electron chi connectivity index (χ1n) is 8.42. The number of hydrogen-bond acceptors (Lipinski definition) is 4. The third-order valence-electron chi connectivity index (χ3n) is 4.38. The molecule has 3 aromatic rings. The van der Waals surface area contributed by atoms with Crippen LogP contribution in [0.2, 0.25) is 5.02 Å². The van der Waals surface area contributed by atoms with Crippen molar-refractivity contribution in [2.45, 2.75) is 6.04 Å². The lowest BCUT2D eigenvalue weighted by atomic mass is 10.1. The van der Waals surface area contributed by atoms with Gasteiger partial charge >= 0.3 is 0 Å². The van der Waals surface area contributed by atoms with Gasteiger partial charge in [-0.1, -0.05) is 35.9 Å². The summed E-state index contributed by atoms with van der Waals surface area (Å²) in [6.45, 7) is 0. The Morgan fingerprint density at radius 2 is 2.00 bits per heavy atom. The molecule has 0 aliphatic carbocycles. The summed E-state index contributed by atoms with van der Waals surface area (Å²) in [7, 11) is 1.62. The minimum Gasteiger partial charge on any atom is -0.497 e. The van der Waals surface area contributed by atoms with Gasteiger partial charge in [0.1, 0.15) is 17.6 Å². The second kappa shape index (κ2) is 7.21. The molecule has 0 fully saturated rings. The van der Waals surface area contributed by atoms with E-state index in [0.29, 0.717) is 16.3 Å². The second-order valence-corrected chi connectivity index (χ2v) is 6.45. The molecule has 2 aromatic carbocycles. The smallest absolute Gasteiger partial charge is 0.274 e. The Morgan fingerprint density at radius 1 is 1.15 bits per heavy atom. The highest BCUT2D eigenvalue weighted by atomic mass is 35.5. The fourth-order valence-electron chi connectivity index (χ4n) is 3.03. The van der Waals surface area contributed by atoms with Crippen molar-refractivity contribution in [2.75, 3.05) is 7.11 Å². The molecule has 0 radical (unpaired) electrons. The molecular weight excluding hydrogens is 364 g/mol. The molecule has 1 aromatic heterocycles. The number of methoxy groups -OCH3 is 1. The lowest BCUT2D eigenvalue weighted by Gasteiger charge is -2.24. The number of nitrogens with one attached hydrogen (secondary N) is 1.